The van der Waals surface area contributed by atoms with Gasteiger partial charge in [0, 0.05) is 9.50 Å². The number of rotatable bonds is 2. The number of alkyl halides is 2. The Balaban J connectivity index is 3.34. The molecule has 1 rings (SSSR count). The standard InChI is InChI=1S/C7H4BrClF2O2S/c8-4-1-5(9)3-6(2-4)14(12,13)7(10)11/h1-3,7H. The lowest BCUT2D eigenvalue weighted by Gasteiger charge is -2.03. The van der Waals surface area contributed by atoms with Crippen molar-refractivity contribution in [3.8, 4) is 0 Å². The summed E-state index contributed by atoms with van der Waals surface area (Å²) in [6, 6.07) is 3.47. The molecule has 0 N–H and O–H groups in total. The van der Waals surface area contributed by atoms with Gasteiger partial charge in [0.25, 0.3) is 0 Å². The highest BCUT2D eigenvalue weighted by molar-refractivity contribution is 9.10. The van der Waals surface area contributed by atoms with E-state index in [0.29, 0.717) is 4.47 Å². The molecule has 0 aliphatic rings. The van der Waals surface area contributed by atoms with Crippen LogP contribution < -0.4 is 0 Å². The van der Waals surface area contributed by atoms with Gasteiger partial charge in [0.1, 0.15) is 0 Å². The van der Waals surface area contributed by atoms with Gasteiger partial charge in [0.2, 0.25) is 9.84 Å². The normalized spacial score (nSPS) is 12.1. The maximum atomic E-state index is 12.1. The fourth-order valence-corrected chi connectivity index (χ4v) is 2.66. The minimum absolute atomic E-state index is 0.0820. The number of benzene rings is 1. The molecule has 14 heavy (non-hydrogen) atoms. The molecule has 0 aliphatic carbocycles. The average molecular weight is 306 g/mol. The highest BCUT2D eigenvalue weighted by atomic mass is 79.9. The van der Waals surface area contributed by atoms with Crippen molar-refractivity contribution in [1.82, 2.24) is 0 Å². The third-order valence-electron chi connectivity index (χ3n) is 1.40. The van der Waals surface area contributed by atoms with Crippen LogP contribution in [-0.2, 0) is 9.84 Å². The van der Waals surface area contributed by atoms with E-state index < -0.39 is 20.5 Å². The summed E-state index contributed by atoms with van der Waals surface area (Å²) in [7, 11) is -4.57. The van der Waals surface area contributed by atoms with Gasteiger partial charge in [-0.25, -0.2) is 8.42 Å². The van der Waals surface area contributed by atoms with Crippen molar-refractivity contribution in [1.29, 1.82) is 0 Å². The molecule has 0 saturated carbocycles. The van der Waals surface area contributed by atoms with Gasteiger partial charge in [-0.05, 0) is 18.2 Å². The lowest BCUT2D eigenvalue weighted by atomic mass is 10.4. The maximum absolute atomic E-state index is 12.1. The quantitative estimate of drug-likeness (QED) is 0.841. The zero-order valence-electron chi connectivity index (χ0n) is 6.55. The first-order valence-corrected chi connectivity index (χ1v) is 6.04. The van der Waals surface area contributed by atoms with E-state index in [9.17, 15) is 17.2 Å². The van der Waals surface area contributed by atoms with E-state index in [1.54, 1.807) is 0 Å². The molecule has 0 spiro atoms. The largest absolute Gasteiger partial charge is 0.341 e. The Morgan fingerprint density at radius 2 is 1.86 bits per heavy atom. The molecule has 0 atom stereocenters. The minimum atomic E-state index is -4.57. The van der Waals surface area contributed by atoms with Crippen LogP contribution in [-0.4, -0.2) is 14.2 Å². The summed E-state index contributed by atoms with van der Waals surface area (Å²) in [5.74, 6) is -3.44. The van der Waals surface area contributed by atoms with Gasteiger partial charge >= 0.3 is 5.76 Å². The summed E-state index contributed by atoms with van der Waals surface area (Å²) in [5, 5.41) is 0.0820. The van der Waals surface area contributed by atoms with Crippen molar-refractivity contribution in [3.05, 3.63) is 27.7 Å². The van der Waals surface area contributed by atoms with E-state index in [2.05, 4.69) is 15.9 Å². The SMILES string of the molecule is O=S(=O)(c1cc(Cl)cc(Br)c1)C(F)F. The molecule has 78 valence electrons. The van der Waals surface area contributed by atoms with E-state index in [-0.39, 0.29) is 5.02 Å². The van der Waals surface area contributed by atoms with Crippen molar-refractivity contribution < 1.29 is 17.2 Å². The Kier molecular flexibility index (Phi) is 3.49. The fourth-order valence-electron chi connectivity index (χ4n) is 0.796. The van der Waals surface area contributed by atoms with E-state index >= 15 is 0 Å². The molecular formula is C7H4BrClF2O2S. The minimum Gasteiger partial charge on any atom is -0.218 e. The van der Waals surface area contributed by atoms with Gasteiger partial charge in [-0.1, -0.05) is 27.5 Å². The zero-order valence-corrected chi connectivity index (χ0v) is 9.70. The van der Waals surface area contributed by atoms with Crippen LogP contribution >= 0.6 is 27.5 Å². The first-order chi connectivity index (χ1) is 6.34. The van der Waals surface area contributed by atoms with Crippen LogP contribution in [0.4, 0.5) is 8.78 Å². The number of sulfone groups is 1. The third-order valence-corrected chi connectivity index (χ3v) is 3.44. The molecule has 0 saturated heterocycles. The second-order valence-corrected chi connectivity index (χ2v) is 5.68. The molecule has 0 amide bonds. The lowest BCUT2D eigenvalue weighted by molar-refractivity contribution is 0.234. The van der Waals surface area contributed by atoms with E-state index in [4.69, 9.17) is 11.6 Å². The number of hydrogen-bond donors (Lipinski definition) is 0. The van der Waals surface area contributed by atoms with Gasteiger partial charge < -0.3 is 0 Å². The molecule has 1 aromatic rings. The highest BCUT2D eigenvalue weighted by Gasteiger charge is 2.26. The van der Waals surface area contributed by atoms with Crippen molar-refractivity contribution in [2.45, 2.75) is 10.7 Å². The molecule has 0 aliphatic heterocycles. The van der Waals surface area contributed by atoms with Crippen LogP contribution in [0.5, 0.6) is 0 Å². The summed E-state index contributed by atoms with van der Waals surface area (Å²) < 4.78 is 46.6. The van der Waals surface area contributed by atoms with Crippen molar-refractivity contribution in [2.75, 3.05) is 0 Å². The van der Waals surface area contributed by atoms with Gasteiger partial charge in [0.05, 0.1) is 4.90 Å². The fraction of sp³-hybridized carbons (Fsp3) is 0.143. The topological polar surface area (TPSA) is 34.1 Å². The Labute approximate surface area is 92.9 Å². The first kappa shape index (κ1) is 11.9. The molecule has 0 aromatic heterocycles. The maximum Gasteiger partial charge on any atom is 0.341 e. The smallest absolute Gasteiger partial charge is 0.218 e. The highest BCUT2D eigenvalue weighted by Crippen LogP contribution is 2.25. The Bertz CT molecular complexity index is 427. The molecule has 0 bridgehead atoms. The zero-order chi connectivity index (χ0) is 10.9. The van der Waals surface area contributed by atoms with Gasteiger partial charge in [-0.3, -0.25) is 0 Å². The van der Waals surface area contributed by atoms with Crippen LogP contribution in [0, 0.1) is 0 Å². The van der Waals surface area contributed by atoms with E-state index in [1.807, 2.05) is 0 Å². The van der Waals surface area contributed by atoms with Crippen LogP contribution in [0.2, 0.25) is 5.02 Å². The lowest BCUT2D eigenvalue weighted by Crippen LogP contribution is -2.11. The summed E-state index contributed by atoms with van der Waals surface area (Å²) in [6.45, 7) is 0. The molecule has 0 fully saturated rings. The van der Waals surface area contributed by atoms with Gasteiger partial charge in [0.15, 0.2) is 0 Å². The van der Waals surface area contributed by atoms with Crippen LogP contribution in [0.25, 0.3) is 0 Å². The molecule has 2 nitrogen and oxygen atoms in total. The third kappa shape index (κ3) is 2.43. The average Bonchev–Trinajstić information content (AvgIpc) is 2.01. The van der Waals surface area contributed by atoms with E-state index in [1.165, 1.54) is 6.07 Å². The number of halogens is 4. The molecule has 0 radical (unpaired) electrons. The van der Waals surface area contributed by atoms with E-state index in [0.717, 1.165) is 12.1 Å². The summed E-state index contributed by atoms with van der Waals surface area (Å²) in [6.07, 6.45) is 0. The van der Waals surface area contributed by atoms with Crippen molar-refractivity contribution in [2.24, 2.45) is 0 Å². The van der Waals surface area contributed by atoms with Crippen LogP contribution in [0.1, 0.15) is 0 Å². The Morgan fingerprint density at radius 1 is 1.29 bits per heavy atom. The van der Waals surface area contributed by atoms with Gasteiger partial charge in [-0.2, -0.15) is 8.78 Å². The summed E-state index contributed by atoms with van der Waals surface area (Å²) in [4.78, 5) is -0.494. The molecule has 0 heterocycles. The summed E-state index contributed by atoms with van der Waals surface area (Å²) >= 11 is 8.48. The summed E-state index contributed by atoms with van der Waals surface area (Å²) in [5.41, 5.74) is 0. The second-order valence-electron chi connectivity index (χ2n) is 2.41. The Morgan fingerprint density at radius 3 is 2.29 bits per heavy atom. The Hall–Kier alpha value is -0.200. The molecule has 1 aromatic carbocycles. The first-order valence-electron chi connectivity index (χ1n) is 3.32. The predicted molar refractivity (Wildman–Crippen MR) is 52.3 cm³/mol. The monoisotopic (exact) mass is 304 g/mol. The molecule has 7 heteroatoms. The number of hydrogen-bond acceptors (Lipinski definition) is 2. The molecule has 0 unspecified atom stereocenters. The second kappa shape index (κ2) is 4.12. The van der Waals surface area contributed by atoms with Crippen LogP contribution in [0.3, 0.4) is 0 Å². The predicted octanol–water partition coefficient (Wildman–Crippen LogP) is 3.10. The van der Waals surface area contributed by atoms with Crippen molar-refractivity contribution >= 4 is 37.4 Å². The molecular weight excluding hydrogens is 301 g/mol. The van der Waals surface area contributed by atoms with Crippen LogP contribution in [0.15, 0.2) is 27.6 Å². The van der Waals surface area contributed by atoms with Crippen molar-refractivity contribution in [3.63, 3.8) is 0 Å². The van der Waals surface area contributed by atoms with Gasteiger partial charge in [-0.15, -0.1) is 0 Å².